The summed E-state index contributed by atoms with van der Waals surface area (Å²) in [6, 6.07) is 4.30. The van der Waals surface area contributed by atoms with Crippen LogP contribution < -0.4 is 0 Å². The molecule has 1 saturated carbocycles. The minimum absolute atomic E-state index is 0.0943. The highest BCUT2D eigenvalue weighted by molar-refractivity contribution is 7.89. The third-order valence-corrected chi connectivity index (χ3v) is 5.45. The molecule has 1 fully saturated rings. The molecule has 21 heavy (non-hydrogen) atoms. The summed E-state index contributed by atoms with van der Waals surface area (Å²) in [5.74, 6) is -0.794. The zero-order chi connectivity index (χ0) is 15.8. The second kappa shape index (κ2) is 5.77. The summed E-state index contributed by atoms with van der Waals surface area (Å²) >= 11 is 0. The number of carboxylic acid groups (broad SMARTS) is 1. The van der Waals surface area contributed by atoms with Crippen molar-refractivity contribution in [3.63, 3.8) is 0 Å². The van der Waals surface area contributed by atoms with E-state index in [0.717, 1.165) is 12.8 Å². The Morgan fingerprint density at radius 2 is 2.00 bits per heavy atom. The second-order valence-electron chi connectivity index (χ2n) is 5.98. The summed E-state index contributed by atoms with van der Waals surface area (Å²) in [7, 11) is -3.56. The average molecular weight is 311 g/mol. The van der Waals surface area contributed by atoms with Crippen LogP contribution in [0.5, 0.6) is 0 Å². The number of rotatable bonds is 6. The van der Waals surface area contributed by atoms with Crippen LogP contribution in [0.25, 0.3) is 0 Å². The fraction of sp³-hybridized carbons (Fsp3) is 0.533. The van der Waals surface area contributed by atoms with Gasteiger partial charge < -0.3 is 5.11 Å². The van der Waals surface area contributed by atoms with Gasteiger partial charge in [-0.1, -0.05) is 13.8 Å². The molecule has 1 aliphatic carbocycles. The molecule has 1 aliphatic rings. The zero-order valence-corrected chi connectivity index (χ0v) is 13.4. The maximum Gasteiger partial charge on any atom is 0.335 e. The summed E-state index contributed by atoms with van der Waals surface area (Å²) in [4.78, 5) is 11.2. The van der Waals surface area contributed by atoms with Gasteiger partial charge in [0, 0.05) is 12.6 Å². The van der Waals surface area contributed by atoms with Gasteiger partial charge in [-0.15, -0.1) is 0 Å². The largest absolute Gasteiger partial charge is 0.478 e. The molecule has 0 heterocycles. The number of hydrogen-bond donors (Lipinski definition) is 1. The molecule has 0 unspecified atom stereocenters. The van der Waals surface area contributed by atoms with E-state index in [-0.39, 0.29) is 22.4 Å². The van der Waals surface area contributed by atoms with E-state index >= 15 is 0 Å². The molecule has 0 radical (unpaired) electrons. The topological polar surface area (TPSA) is 74.7 Å². The highest BCUT2D eigenvalue weighted by Crippen LogP contribution is 2.33. The van der Waals surface area contributed by atoms with E-state index in [1.165, 1.54) is 18.2 Å². The molecule has 1 aromatic rings. The fourth-order valence-electron chi connectivity index (χ4n) is 2.34. The van der Waals surface area contributed by atoms with E-state index in [2.05, 4.69) is 0 Å². The minimum atomic E-state index is -3.56. The first-order valence-corrected chi connectivity index (χ1v) is 8.53. The van der Waals surface area contributed by atoms with Crippen LogP contribution in [0.4, 0.5) is 0 Å². The van der Waals surface area contributed by atoms with Gasteiger partial charge in [0.2, 0.25) is 10.0 Å². The zero-order valence-electron chi connectivity index (χ0n) is 12.5. The van der Waals surface area contributed by atoms with Crippen molar-refractivity contribution in [1.82, 2.24) is 4.31 Å². The number of carbonyl (C=O) groups is 1. The van der Waals surface area contributed by atoms with Gasteiger partial charge >= 0.3 is 5.97 Å². The lowest BCUT2D eigenvalue weighted by molar-refractivity contribution is 0.0696. The predicted molar refractivity (Wildman–Crippen MR) is 79.9 cm³/mol. The van der Waals surface area contributed by atoms with Crippen LogP contribution in [0, 0.1) is 12.8 Å². The van der Waals surface area contributed by atoms with Crippen molar-refractivity contribution in [1.29, 1.82) is 0 Å². The van der Waals surface area contributed by atoms with E-state index in [4.69, 9.17) is 5.11 Å². The number of carboxylic acids is 1. The van der Waals surface area contributed by atoms with Crippen molar-refractivity contribution >= 4 is 16.0 Å². The van der Waals surface area contributed by atoms with Crippen molar-refractivity contribution in [2.75, 3.05) is 6.54 Å². The highest BCUT2D eigenvalue weighted by Gasteiger charge is 2.38. The average Bonchev–Trinajstić information content (AvgIpc) is 3.19. The van der Waals surface area contributed by atoms with Gasteiger partial charge in [-0.3, -0.25) is 0 Å². The predicted octanol–water partition coefficient (Wildman–Crippen LogP) is 2.50. The lowest BCUT2D eigenvalue weighted by atomic mass is 10.1. The number of aryl methyl sites for hydroxylation is 1. The first kappa shape index (κ1) is 16.0. The second-order valence-corrected chi connectivity index (χ2v) is 7.87. The SMILES string of the molecule is Cc1cc(S(=O)(=O)N(CC(C)C)C2CC2)ccc1C(=O)O. The monoisotopic (exact) mass is 311 g/mol. The molecule has 0 atom stereocenters. The summed E-state index contributed by atoms with van der Waals surface area (Å²) in [5, 5.41) is 9.03. The lowest BCUT2D eigenvalue weighted by Crippen LogP contribution is -2.36. The highest BCUT2D eigenvalue weighted by atomic mass is 32.2. The molecule has 0 bridgehead atoms. The third kappa shape index (κ3) is 3.44. The standard InChI is InChI=1S/C15H21NO4S/c1-10(2)9-16(12-4-5-12)21(19,20)13-6-7-14(15(17)18)11(3)8-13/h6-8,10,12H,4-5,9H2,1-3H3,(H,17,18). The first-order chi connectivity index (χ1) is 9.73. The first-order valence-electron chi connectivity index (χ1n) is 7.09. The number of sulfonamides is 1. The Labute approximate surface area is 125 Å². The summed E-state index contributed by atoms with van der Waals surface area (Å²) in [6.45, 7) is 6.09. The Morgan fingerprint density at radius 3 is 2.43 bits per heavy atom. The van der Waals surface area contributed by atoms with Gasteiger partial charge in [0.15, 0.2) is 0 Å². The molecule has 0 aliphatic heterocycles. The third-order valence-electron chi connectivity index (χ3n) is 3.53. The molecule has 1 N–H and O–H groups in total. The summed E-state index contributed by atoms with van der Waals surface area (Å²) in [5.41, 5.74) is 0.597. The maximum atomic E-state index is 12.8. The quantitative estimate of drug-likeness (QED) is 0.876. The van der Waals surface area contributed by atoms with Crippen molar-refractivity contribution < 1.29 is 18.3 Å². The fourth-order valence-corrected chi connectivity index (χ4v) is 4.27. The van der Waals surface area contributed by atoms with Crippen molar-refractivity contribution in [2.24, 2.45) is 5.92 Å². The Morgan fingerprint density at radius 1 is 1.38 bits per heavy atom. The van der Waals surface area contributed by atoms with Gasteiger partial charge in [0.05, 0.1) is 10.5 Å². The van der Waals surface area contributed by atoms with Gasteiger partial charge in [-0.25, -0.2) is 13.2 Å². The Hall–Kier alpha value is -1.40. The molecule has 0 spiro atoms. The minimum Gasteiger partial charge on any atom is -0.478 e. The Kier molecular flexibility index (Phi) is 4.39. The maximum absolute atomic E-state index is 12.8. The van der Waals surface area contributed by atoms with Gasteiger partial charge in [-0.2, -0.15) is 4.31 Å². The Balaban J connectivity index is 2.38. The molecule has 0 saturated heterocycles. The molecule has 116 valence electrons. The number of hydrogen-bond acceptors (Lipinski definition) is 3. The van der Waals surface area contributed by atoms with Crippen LogP contribution in [0.2, 0.25) is 0 Å². The summed E-state index contributed by atoms with van der Waals surface area (Å²) in [6.07, 6.45) is 1.80. The van der Waals surface area contributed by atoms with E-state index < -0.39 is 16.0 Å². The molecule has 0 amide bonds. The molecular formula is C15H21NO4S. The van der Waals surface area contributed by atoms with Crippen LogP contribution in [-0.4, -0.2) is 36.4 Å². The van der Waals surface area contributed by atoms with E-state index in [1.54, 1.807) is 11.2 Å². The van der Waals surface area contributed by atoms with Gasteiger partial charge in [-0.05, 0) is 49.4 Å². The van der Waals surface area contributed by atoms with E-state index in [0.29, 0.717) is 12.1 Å². The van der Waals surface area contributed by atoms with Gasteiger partial charge in [0.1, 0.15) is 0 Å². The van der Waals surface area contributed by atoms with Crippen LogP contribution >= 0.6 is 0 Å². The Bertz CT molecular complexity index is 648. The smallest absolute Gasteiger partial charge is 0.335 e. The normalized spacial score (nSPS) is 15.7. The molecule has 5 nitrogen and oxygen atoms in total. The van der Waals surface area contributed by atoms with Crippen molar-refractivity contribution in [3.8, 4) is 0 Å². The van der Waals surface area contributed by atoms with Crippen molar-refractivity contribution in [2.45, 2.75) is 44.6 Å². The lowest BCUT2D eigenvalue weighted by Gasteiger charge is -2.24. The van der Waals surface area contributed by atoms with Crippen molar-refractivity contribution in [3.05, 3.63) is 29.3 Å². The van der Waals surface area contributed by atoms with Crippen LogP contribution in [0.3, 0.4) is 0 Å². The number of aromatic carboxylic acids is 1. The van der Waals surface area contributed by atoms with E-state index in [1.807, 2.05) is 13.8 Å². The molecule has 0 aromatic heterocycles. The van der Waals surface area contributed by atoms with Crippen LogP contribution in [0.15, 0.2) is 23.1 Å². The molecule has 2 rings (SSSR count). The van der Waals surface area contributed by atoms with Crippen LogP contribution in [-0.2, 0) is 10.0 Å². The molecular weight excluding hydrogens is 290 g/mol. The molecule has 1 aromatic carbocycles. The van der Waals surface area contributed by atoms with Gasteiger partial charge in [0.25, 0.3) is 0 Å². The summed E-state index contributed by atoms with van der Waals surface area (Å²) < 4.78 is 27.1. The molecule has 6 heteroatoms. The van der Waals surface area contributed by atoms with Crippen LogP contribution in [0.1, 0.15) is 42.6 Å². The van der Waals surface area contributed by atoms with E-state index in [9.17, 15) is 13.2 Å². The number of benzene rings is 1. The number of nitrogens with zero attached hydrogens (tertiary/aromatic N) is 1.